The summed E-state index contributed by atoms with van der Waals surface area (Å²) in [5.41, 5.74) is 15.8. The first-order valence-corrected chi connectivity index (χ1v) is 10.1. The highest BCUT2D eigenvalue weighted by molar-refractivity contribution is 6.08. The number of nitrogens with zero attached hydrogens (tertiary/aromatic N) is 4. The Hall–Kier alpha value is -3.39. The quantitative estimate of drug-likeness (QED) is 0.456. The highest BCUT2D eigenvalue weighted by Gasteiger charge is 2.18. The average Bonchev–Trinajstić information content (AvgIpc) is 3.36. The number of aryl methyl sites for hydroxylation is 1. The van der Waals surface area contributed by atoms with Crippen LogP contribution < -0.4 is 11.5 Å². The van der Waals surface area contributed by atoms with Gasteiger partial charge in [0.15, 0.2) is 5.82 Å². The molecule has 0 unspecified atom stereocenters. The van der Waals surface area contributed by atoms with Gasteiger partial charge in [0, 0.05) is 30.7 Å². The summed E-state index contributed by atoms with van der Waals surface area (Å²) in [7, 11) is 1.36. The van der Waals surface area contributed by atoms with Crippen LogP contribution in [0.15, 0.2) is 36.7 Å². The van der Waals surface area contributed by atoms with E-state index >= 15 is 0 Å². The van der Waals surface area contributed by atoms with Gasteiger partial charge in [0.25, 0.3) is 0 Å². The van der Waals surface area contributed by atoms with Crippen molar-refractivity contribution < 1.29 is 9.53 Å². The number of ether oxygens (including phenoxy) is 1. The third kappa shape index (κ3) is 3.50. The number of pyridine rings is 1. The zero-order chi connectivity index (χ0) is 21.3. The van der Waals surface area contributed by atoms with Crippen LogP contribution in [0, 0.1) is 0 Å². The van der Waals surface area contributed by atoms with Gasteiger partial charge < -0.3 is 25.3 Å². The summed E-state index contributed by atoms with van der Waals surface area (Å²) in [6, 6.07) is 7.36. The molecule has 0 aliphatic carbocycles. The standard InChI is InChI=1S/C22H26N6O2/c1-3-4-5-18-26-19-20(28(18)13-27-9-8-14(11-23)12-27)16-7-6-15(22(29)30-2)10-17(16)25-21(19)24/h6-10,12H,3-5,11,13,23H2,1-2H3,(H2,24,25). The minimum Gasteiger partial charge on any atom is -0.465 e. The summed E-state index contributed by atoms with van der Waals surface area (Å²) in [5.74, 6) is 0.912. The molecule has 0 atom stereocenters. The number of nitrogen functional groups attached to an aromatic ring is 1. The molecule has 0 aliphatic heterocycles. The number of carbonyl (C=O) groups is 1. The van der Waals surface area contributed by atoms with Crippen molar-refractivity contribution in [3.05, 3.63) is 53.6 Å². The summed E-state index contributed by atoms with van der Waals surface area (Å²) in [6.07, 6.45) is 7.00. The number of carbonyl (C=O) groups excluding carboxylic acids is 1. The van der Waals surface area contributed by atoms with Gasteiger partial charge in [-0.05, 0) is 36.2 Å². The van der Waals surface area contributed by atoms with E-state index in [2.05, 4.69) is 21.0 Å². The van der Waals surface area contributed by atoms with E-state index in [1.165, 1.54) is 7.11 Å². The van der Waals surface area contributed by atoms with Gasteiger partial charge in [0.2, 0.25) is 0 Å². The first-order chi connectivity index (χ1) is 14.5. The first kappa shape index (κ1) is 19.9. The van der Waals surface area contributed by atoms with Crippen LogP contribution in [0.2, 0.25) is 0 Å². The highest BCUT2D eigenvalue weighted by atomic mass is 16.5. The van der Waals surface area contributed by atoms with E-state index in [0.29, 0.717) is 35.6 Å². The number of rotatable bonds is 7. The number of benzene rings is 1. The molecule has 0 saturated heterocycles. The van der Waals surface area contributed by atoms with E-state index in [-0.39, 0.29) is 0 Å². The van der Waals surface area contributed by atoms with Crippen LogP contribution >= 0.6 is 0 Å². The molecule has 0 spiro atoms. The summed E-state index contributed by atoms with van der Waals surface area (Å²) < 4.78 is 9.11. The Kier molecular flexibility index (Phi) is 5.41. The van der Waals surface area contributed by atoms with Gasteiger partial charge in [-0.2, -0.15) is 0 Å². The van der Waals surface area contributed by atoms with E-state index in [1.807, 2.05) is 24.5 Å². The van der Waals surface area contributed by atoms with Gasteiger partial charge >= 0.3 is 5.97 Å². The van der Waals surface area contributed by atoms with Crippen LogP contribution in [0.25, 0.3) is 21.9 Å². The predicted molar refractivity (Wildman–Crippen MR) is 117 cm³/mol. The molecule has 30 heavy (non-hydrogen) atoms. The molecule has 0 aliphatic rings. The fourth-order valence-electron chi connectivity index (χ4n) is 3.74. The third-order valence-electron chi connectivity index (χ3n) is 5.31. The molecule has 1 aromatic carbocycles. The molecular formula is C22H26N6O2. The van der Waals surface area contributed by atoms with Crippen LogP contribution in [0.3, 0.4) is 0 Å². The molecule has 0 saturated carbocycles. The first-order valence-electron chi connectivity index (χ1n) is 10.1. The topological polar surface area (TPSA) is 114 Å². The van der Waals surface area contributed by atoms with Crippen molar-refractivity contribution >= 4 is 33.7 Å². The predicted octanol–water partition coefficient (Wildman–Crippen LogP) is 3.06. The largest absolute Gasteiger partial charge is 0.465 e. The van der Waals surface area contributed by atoms with Crippen LogP contribution in [-0.4, -0.2) is 32.2 Å². The molecule has 8 nitrogen and oxygen atoms in total. The average molecular weight is 406 g/mol. The van der Waals surface area contributed by atoms with Gasteiger partial charge in [0.05, 0.1) is 23.7 Å². The van der Waals surface area contributed by atoms with Gasteiger partial charge in [-0.1, -0.05) is 13.3 Å². The molecule has 156 valence electrons. The zero-order valence-corrected chi connectivity index (χ0v) is 17.3. The molecule has 3 aromatic heterocycles. The second-order valence-corrected chi connectivity index (χ2v) is 7.36. The van der Waals surface area contributed by atoms with Crippen LogP contribution in [0.1, 0.15) is 41.5 Å². The second kappa shape index (κ2) is 8.16. The van der Waals surface area contributed by atoms with E-state index in [9.17, 15) is 4.79 Å². The monoisotopic (exact) mass is 406 g/mol. The Labute approximate surface area is 174 Å². The number of esters is 1. The third-order valence-corrected chi connectivity index (χ3v) is 5.31. The molecule has 0 radical (unpaired) electrons. The minimum atomic E-state index is -0.406. The fraction of sp³-hybridized carbons (Fsp3) is 0.318. The maximum atomic E-state index is 12.0. The van der Waals surface area contributed by atoms with Gasteiger partial charge in [-0.15, -0.1) is 0 Å². The molecule has 0 amide bonds. The van der Waals surface area contributed by atoms with Crippen molar-refractivity contribution in [1.82, 2.24) is 19.1 Å². The lowest BCUT2D eigenvalue weighted by Crippen LogP contribution is -2.11. The Morgan fingerprint density at radius 2 is 2.07 bits per heavy atom. The molecule has 3 heterocycles. The Balaban J connectivity index is 1.93. The second-order valence-electron chi connectivity index (χ2n) is 7.36. The number of methoxy groups -OCH3 is 1. The summed E-state index contributed by atoms with van der Waals surface area (Å²) in [6.45, 7) is 3.25. The van der Waals surface area contributed by atoms with Gasteiger partial charge in [0.1, 0.15) is 18.0 Å². The van der Waals surface area contributed by atoms with Crippen molar-refractivity contribution in [2.45, 2.75) is 39.4 Å². The van der Waals surface area contributed by atoms with Crippen molar-refractivity contribution in [2.75, 3.05) is 12.8 Å². The Morgan fingerprint density at radius 1 is 1.23 bits per heavy atom. The number of imidazole rings is 1. The van der Waals surface area contributed by atoms with E-state index < -0.39 is 5.97 Å². The normalized spacial score (nSPS) is 11.4. The van der Waals surface area contributed by atoms with Crippen molar-refractivity contribution in [1.29, 1.82) is 0 Å². The zero-order valence-electron chi connectivity index (χ0n) is 17.3. The molecule has 0 fully saturated rings. The molecule has 4 aromatic rings. The van der Waals surface area contributed by atoms with Crippen molar-refractivity contribution in [2.24, 2.45) is 5.73 Å². The van der Waals surface area contributed by atoms with Crippen LogP contribution in [0.5, 0.6) is 0 Å². The SMILES string of the molecule is CCCCc1nc2c(N)nc3cc(C(=O)OC)ccc3c2n1Cn1ccc(CN)c1. The smallest absolute Gasteiger partial charge is 0.337 e. The molecule has 8 heteroatoms. The number of hydrogen-bond acceptors (Lipinski definition) is 6. The maximum Gasteiger partial charge on any atom is 0.337 e. The lowest BCUT2D eigenvalue weighted by atomic mass is 10.1. The molecule has 4 N–H and O–H groups in total. The summed E-state index contributed by atoms with van der Waals surface area (Å²) in [5, 5.41) is 0.897. The van der Waals surface area contributed by atoms with E-state index in [4.69, 9.17) is 21.2 Å². The summed E-state index contributed by atoms with van der Waals surface area (Å²) >= 11 is 0. The van der Waals surface area contributed by atoms with E-state index in [1.54, 1.807) is 12.1 Å². The molecule has 4 rings (SSSR count). The van der Waals surface area contributed by atoms with Gasteiger partial charge in [-0.3, -0.25) is 0 Å². The number of anilines is 1. The fourth-order valence-corrected chi connectivity index (χ4v) is 3.74. The lowest BCUT2D eigenvalue weighted by molar-refractivity contribution is 0.0601. The van der Waals surface area contributed by atoms with Crippen molar-refractivity contribution in [3.63, 3.8) is 0 Å². The van der Waals surface area contributed by atoms with Crippen LogP contribution in [0.4, 0.5) is 5.82 Å². The minimum absolute atomic E-state index is 0.353. The molecular weight excluding hydrogens is 380 g/mol. The van der Waals surface area contributed by atoms with Crippen molar-refractivity contribution in [3.8, 4) is 0 Å². The Morgan fingerprint density at radius 3 is 2.77 bits per heavy atom. The number of unbranched alkanes of at least 4 members (excludes halogenated alkanes) is 1. The number of hydrogen-bond donors (Lipinski definition) is 2. The van der Waals surface area contributed by atoms with E-state index in [0.717, 1.165) is 41.6 Å². The lowest BCUT2D eigenvalue weighted by Gasteiger charge is -2.12. The number of nitrogens with two attached hydrogens (primary N) is 2. The Bertz CT molecular complexity index is 1220. The number of fused-ring (bicyclic) bond motifs is 3. The summed E-state index contributed by atoms with van der Waals surface area (Å²) in [4.78, 5) is 21.3. The maximum absolute atomic E-state index is 12.0. The molecule has 0 bridgehead atoms. The van der Waals surface area contributed by atoms with Gasteiger partial charge in [-0.25, -0.2) is 14.8 Å². The highest BCUT2D eigenvalue weighted by Crippen LogP contribution is 2.30. The van der Waals surface area contributed by atoms with Crippen LogP contribution in [-0.2, 0) is 24.4 Å². The number of aromatic nitrogens is 4.